The summed E-state index contributed by atoms with van der Waals surface area (Å²) < 4.78 is 28.2. The molecular formula is C20H21F2N5O. The zero-order valence-corrected chi connectivity index (χ0v) is 15.7. The van der Waals surface area contributed by atoms with Gasteiger partial charge < -0.3 is 10.2 Å². The number of benzene rings is 1. The van der Waals surface area contributed by atoms with Crippen LogP contribution in [0, 0.1) is 25.5 Å². The van der Waals surface area contributed by atoms with Gasteiger partial charge in [0.1, 0.15) is 0 Å². The predicted octanol–water partition coefficient (Wildman–Crippen LogP) is 3.34. The number of fused-ring (bicyclic) bond motifs is 1. The van der Waals surface area contributed by atoms with Crippen LogP contribution in [0.15, 0.2) is 30.3 Å². The van der Waals surface area contributed by atoms with Crippen molar-refractivity contribution in [1.29, 1.82) is 0 Å². The summed E-state index contributed by atoms with van der Waals surface area (Å²) in [5.41, 5.74) is 3.29. The molecule has 1 aliphatic rings. The Kier molecular flexibility index (Phi) is 4.70. The number of amides is 1. The number of carbonyl (C=O) groups excluding carboxylic acids is 1. The van der Waals surface area contributed by atoms with Gasteiger partial charge in [-0.1, -0.05) is 0 Å². The van der Waals surface area contributed by atoms with Crippen molar-refractivity contribution in [3.05, 3.63) is 59.0 Å². The highest BCUT2D eigenvalue weighted by Gasteiger charge is 2.26. The Morgan fingerprint density at radius 1 is 1.18 bits per heavy atom. The van der Waals surface area contributed by atoms with Gasteiger partial charge in [-0.15, -0.1) is 0 Å². The molecule has 0 aliphatic carbocycles. The molecule has 8 heteroatoms. The smallest absolute Gasteiger partial charge is 0.274 e. The maximum absolute atomic E-state index is 13.4. The lowest BCUT2D eigenvalue weighted by atomic mass is 10.0. The van der Waals surface area contributed by atoms with Crippen LogP contribution < -0.4 is 5.32 Å². The van der Waals surface area contributed by atoms with Gasteiger partial charge in [0, 0.05) is 48.3 Å². The third kappa shape index (κ3) is 3.54. The highest BCUT2D eigenvalue weighted by atomic mass is 19.2. The van der Waals surface area contributed by atoms with Gasteiger partial charge in [-0.3, -0.25) is 4.79 Å². The minimum Gasteiger partial charge on any atom is -0.380 e. The summed E-state index contributed by atoms with van der Waals surface area (Å²) in [6.45, 7) is 4.93. The zero-order chi connectivity index (χ0) is 19.8. The van der Waals surface area contributed by atoms with Crippen LogP contribution in [0.4, 0.5) is 14.5 Å². The van der Waals surface area contributed by atoms with Crippen molar-refractivity contribution < 1.29 is 13.6 Å². The van der Waals surface area contributed by atoms with Gasteiger partial charge in [-0.25, -0.2) is 18.3 Å². The van der Waals surface area contributed by atoms with Crippen LogP contribution in [0.25, 0.3) is 5.65 Å². The summed E-state index contributed by atoms with van der Waals surface area (Å²) in [5.74, 6) is -1.92. The van der Waals surface area contributed by atoms with E-state index in [1.807, 2.05) is 19.9 Å². The topological polar surface area (TPSA) is 62.5 Å². The second-order valence-electron chi connectivity index (χ2n) is 7.20. The van der Waals surface area contributed by atoms with Crippen LogP contribution in [0.2, 0.25) is 0 Å². The number of aryl methyl sites for hydroxylation is 2. The van der Waals surface area contributed by atoms with E-state index in [1.165, 1.54) is 6.07 Å². The van der Waals surface area contributed by atoms with Crippen LogP contribution >= 0.6 is 0 Å². The van der Waals surface area contributed by atoms with Crippen LogP contribution in [0.1, 0.15) is 34.7 Å². The van der Waals surface area contributed by atoms with Gasteiger partial charge in [-0.05, 0) is 44.9 Å². The summed E-state index contributed by atoms with van der Waals surface area (Å²) in [6.07, 6.45) is 1.66. The molecule has 0 spiro atoms. The van der Waals surface area contributed by atoms with Crippen molar-refractivity contribution in [2.75, 3.05) is 18.4 Å². The van der Waals surface area contributed by atoms with Crippen LogP contribution in [0.3, 0.4) is 0 Å². The third-order valence-electron chi connectivity index (χ3n) is 4.95. The highest BCUT2D eigenvalue weighted by molar-refractivity contribution is 5.93. The number of hydrogen-bond acceptors (Lipinski definition) is 4. The molecule has 3 heterocycles. The summed E-state index contributed by atoms with van der Waals surface area (Å²) in [7, 11) is 0. The number of likely N-dealkylation sites (tertiary alicyclic amines) is 1. The van der Waals surface area contributed by atoms with Gasteiger partial charge >= 0.3 is 0 Å². The molecule has 2 aromatic heterocycles. The third-order valence-corrected chi connectivity index (χ3v) is 4.95. The van der Waals surface area contributed by atoms with Crippen LogP contribution in [-0.4, -0.2) is 44.5 Å². The Morgan fingerprint density at radius 2 is 2.00 bits per heavy atom. The molecule has 1 aliphatic heterocycles. The first kappa shape index (κ1) is 18.3. The van der Waals surface area contributed by atoms with Crippen molar-refractivity contribution in [1.82, 2.24) is 19.5 Å². The number of hydrogen-bond donors (Lipinski definition) is 1. The van der Waals surface area contributed by atoms with Crippen molar-refractivity contribution >= 4 is 17.2 Å². The molecule has 1 saturated heterocycles. The molecule has 4 rings (SSSR count). The normalized spacial score (nSPS) is 17.1. The number of nitrogens with zero attached hydrogens (tertiary/aromatic N) is 4. The molecule has 3 aromatic rings. The van der Waals surface area contributed by atoms with Gasteiger partial charge in [0.25, 0.3) is 5.91 Å². The average molecular weight is 385 g/mol. The van der Waals surface area contributed by atoms with E-state index >= 15 is 0 Å². The summed E-state index contributed by atoms with van der Waals surface area (Å²) in [4.78, 5) is 19.1. The van der Waals surface area contributed by atoms with E-state index in [9.17, 15) is 13.6 Å². The second-order valence-corrected chi connectivity index (χ2v) is 7.20. The molecule has 0 unspecified atom stereocenters. The number of aromatic nitrogens is 3. The first-order valence-electron chi connectivity index (χ1n) is 9.25. The number of nitrogens with one attached hydrogen (secondary N) is 1. The summed E-state index contributed by atoms with van der Waals surface area (Å²) >= 11 is 0. The Labute approximate surface area is 161 Å². The highest BCUT2D eigenvalue weighted by Crippen LogP contribution is 2.20. The van der Waals surface area contributed by atoms with E-state index in [4.69, 9.17) is 0 Å². The molecule has 0 radical (unpaired) electrons. The Hall–Kier alpha value is -3.03. The monoisotopic (exact) mass is 385 g/mol. The largest absolute Gasteiger partial charge is 0.380 e. The van der Waals surface area contributed by atoms with E-state index in [1.54, 1.807) is 15.5 Å². The maximum atomic E-state index is 13.4. The number of halogens is 2. The van der Waals surface area contributed by atoms with E-state index in [2.05, 4.69) is 15.4 Å². The first-order valence-corrected chi connectivity index (χ1v) is 9.25. The Balaban J connectivity index is 1.50. The predicted molar refractivity (Wildman–Crippen MR) is 101 cm³/mol. The quantitative estimate of drug-likeness (QED) is 0.751. The summed E-state index contributed by atoms with van der Waals surface area (Å²) in [5, 5.41) is 7.60. The fourth-order valence-corrected chi connectivity index (χ4v) is 3.65. The Bertz CT molecular complexity index is 1050. The van der Waals surface area contributed by atoms with Gasteiger partial charge in [0.05, 0.1) is 0 Å². The van der Waals surface area contributed by atoms with Gasteiger partial charge in [0.2, 0.25) is 0 Å². The van der Waals surface area contributed by atoms with Crippen molar-refractivity contribution in [3.8, 4) is 0 Å². The average Bonchev–Trinajstić information content (AvgIpc) is 3.09. The lowest BCUT2D eigenvalue weighted by molar-refractivity contribution is 0.0708. The number of rotatable bonds is 3. The van der Waals surface area contributed by atoms with Crippen LogP contribution in [0.5, 0.6) is 0 Å². The summed E-state index contributed by atoms with van der Waals surface area (Å²) in [6, 6.07) is 7.30. The second kappa shape index (κ2) is 7.18. The fourth-order valence-electron chi connectivity index (χ4n) is 3.65. The molecule has 1 aromatic carbocycles. The van der Waals surface area contributed by atoms with E-state index in [0.29, 0.717) is 30.1 Å². The first-order chi connectivity index (χ1) is 13.4. The van der Waals surface area contributed by atoms with E-state index < -0.39 is 11.6 Å². The van der Waals surface area contributed by atoms with Crippen LogP contribution in [-0.2, 0) is 0 Å². The fraction of sp³-hybridized carbons (Fsp3) is 0.350. The van der Waals surface area contributed by atoms with Crippen molar-refractivity contribution in [2.24, 2.45) is 0 Å². The van der Waals surface area contributed by atoms with Crippen molar-refractivity contribution in [2.45, 2.75) is 32.7 Å². The Morgan fingerprint density at radius 3 is 2.79 bits per heavy atom. The van der Waals surface area contributed by atoms with Gasteiger partial charge in [-0.2, -0.15) is 5.10 Å². The SMILES string of the molecule is Cc1cc(C)n2nc(C(=O)N3CCC[C@@H](Nc4ccc(F)c(F)c4)C3)cc2n1. The molecule has 1 N–H and O–H groups in total. The molecule has 1 amide bonds. The molecule has 6 nitrogen and oxygen atoms in total. The lowest BCUT2D eigenvalue weighted by Gasteiger charge is -2.33. The molecule has 0 saturated carbocycles. The minimum absolute atomic E-state index is 0.0401. The molecular weight excluding hydrogens is 364 g/mol. The van der Waals surface area contributed by atoms with E-state index in [0.717, 1.165) is 36.4 Å². The molecule has 0 bridgehead atoms. The molecule has 146 valence electrons. The maximum Gasteiger partial charge on any atom is 0.274 e. The zero-order valence-electron chi connectivity index (χ0n) is 15.7. The van der Waals surface area contributed by atoms with Crippen molar-refractivity contribution in [3.63, 3.8) is 0 Å². The van der Waals surface area contributed by atoms with E-state index in [-0.39, 0.29) is 11.9 Å². The lowest BCUT2D eigenvalue weighted by Crippen LogP contribution is -2.45. The molecule has 28 heavy (non-hydrogen) atoms. The minimum atomic E-state index is -0.892. The molecule has 1 fully saturated rings. The molecule has 1 atom stereocenters. The number of piperidine rings is 1. The number of anilines is 1. The standard InChI is InChI=1S/C20H21F2N5O/c1-12-8-13(2)27-19(23-12)10-18(25-27)20(28)26-7-3-4-15(11-26)24-14-5-6-16(21)17(22)9-14/h5-6,8-10,15,24H,3-4,7,11H2,1-2H3/t15-/m1/s1. The van der Waals surface area contributed by atoms with Gasteiger partial charge in [0.15, 0.2) is 23.0 Å². The number of carbonyl (C=O) groups is 1.